The van der Waals surface area contributed by atoms with Gasteiger partial charge in [0.2, 0.25) is 11.0 Å². The van der Waals surface area contributed by atoms with Crippen molar-refractivity contribution in [1.29, 1.82) is 0 Å². The number of nitro benzene ring substituents is 1. The molecule has 2 heterocycles. The lowest BCUT2D eigenvalue weighted by Crippen LogP contribution is -2.25. The molecule has 40 heavy (non-hydrogen) atoms. The maximum atomic E-state index is 13.0. The fourth-order valence-electron chi connectivity index (χ4n) is 3.68. The molecule has 2 aromatic heterocycles. The fraction of sp³-hybridized carbons (Fsp3) is 0.250. The number of nitro groups is 1. The van der Waals surface area contributed by atoms with Gasteiger partial charge in [-0.05, 0) is 32.0 Å². The van der Waals surface area contributed by atoms with Gasteiger partial charge < -0.3 is 14.8 Å². The van der Waals surface area contributed by atoms with Gasteiger partial charge in [-0.2, -0.15) is 0 Å². The molecule has 0 fully saturated rings. The monoisotopic (exact) mass is 584 g/mol. The van der Waals surface area contributed by atoms with Crippen LogP contribution in [-0.2, 0) is 11.3 Å². The van der Waals surface area contributed by atoms with E-state index >= 15 is 0 Å². The van der Waals surface area contributed by atoms with E-state index in [2.05, 4.69) is 31.0 Å². The number of benzene rings is 2. The van der Waals surface area contributed by atoms with Crippen LogP contribution in [0.3, 0.4) is 0 Å². The lowest BCUT2D eigenvalue weighted by Gasteiger charge is -2.15. The number of amides is 2. The zero-order valence-electron chi connectivity index (χ0n) is 21.8. The van der Waals surface area contributed by atoms with Gasteiger partial charge in [-0.1, -0.05) is 29.2 Å². The molecular weight excluding hydrogens is 560 g/mol. The molecule has 0 saturated heterocycles. The molecule has 208 valence electrons. The van der Waals surface area contributed by atoms with Crippen LogP contribution in [0.2, 0.25) is 0 Å². The highest BCUT2D eigenvalue weighted by Crippen LogP contribution is 2.32. The average Bonchev–Trinajstić information content (AvgIpc) is 3.55. The quantitative estimate of drug-likeness (QED) is 0.150. The summed E-state index contributed by atoms with van der Waals surface area (Å²) in [6.45, 7) is 3.22. The van der Waals surface area contributed by atoms with Crippen molar-refractivity contribution < 1.29 is 24.0 Å². The molecule has 4 rings (SSSR count). The van der Waals surface area contributed by atoms with Crippen LogP contribution in [0.25, 0.3) is 5.69 Å². The molecule has 4 aromatic rings. The number of methoxy groups -OCH3 is 2. The van der Waals surface area contributed by atoms with Gasteiger partial charge in [-0.15, -0.1) is 20.4 Å². The van der Waals surface area contributed by atoms with Gasteiger partial charge in [0.1, 0.15) is 16.5 Å². The van der Waals surface area contributed by atoms with E-state index in [1.54, 1.807) is 29.7 Å². The summed E-state index contributed by atoms with van der Waals surface area (Å²) in [5, 5.41) is 34.5. The van der Waals surface area contributed by atoms with E-state index in [1.165, 1.54) is 50.7 Å². The number of aryl methyl sites for hydroxylation is 1. The maximum Gasteiger partial charge on any atom is 0.273 e. The molecule has 0 aliphatic rings. The third-order valence-corrected chi connectivity index (χ3v) is 7.27. The van der Waals surface area contributed by atoms with Crippen LogP contribution < -0.4 is 20.1 Å². The molecule has 0 spiro atoms. The molecule has 2 amide bonds. The molecule has 0 aliphatic carbocycles. The molecule has 0 aliphatic heterocycles. The first-order chi connectivity index (χ1) is 19.2. The van der Waals surface area contributed by atoms with Gasteiger partial charge in [0.05, 0.1) is 37.1 Å². The van der Waals surface area contributed by atoms with Crippen LogP contribution >= 0.6 is 23.1 Å². The van der Waals surface area contributed by atoms with E-state index in [0.29, 0.717) is 33.3 Å². The summed E-state index contributed by atoms with van der Waals surface area (Å²) in [7, 11) is 3.03. The molecule has 0 bridgehead atoms. The number of ether oxygens (including phenoxy) is 2. The van der Waals surface area contributed by atoms with Crippen LogP contribution in [0.15, 0.2) is 41.6 Å². The second-order valence-corrected chi connectivity index (χ2v) is 10.2. The van der Waals surface area contributed by atoms with Crippen molar-refractivity contribution in [2.24, 2.45) is 0 Å². The lowest BCUT2D eigenvalue weighted by molar-refractivity contribution is -0.385. The number of anilines is 1. The van der Waals surface area contributed by atoms with Crippen molar-refractivity contribution in [2.45, 2.75) is 25.5 Å². The average molecular weight is 585 g/mol. The van der Waals surface area contributed by atoms with E-state index in [4.69, 9.17) is 9.47 Å². The molecule has 16 heteroatoms. The second-order valence-electron chi connectivity index (χ2n) is 8.12. The highest BCUT2D eigenvalue weighted by Gasteiger charge is 2.22. The van der Waals surface area contributed by atoms with Crippen molar-refractivity contribution in [2.75, 3.05) is 25.3 Å². The van der Waals surface area contributed by atoms with Gasteiger partial charge in [0.15, 0.2) is 11.0 Å². The van der Waals surface area contributed by atoms with E-state index in [9.17, 15) is 19.7 Å². The molecule has 0 unspecified atom stereocenters. The number of nitrogens with zero attached hydrogens (tertiary/aromatic N) is 6. The molecule has 0 saturated carbocycles. The summed E-state index contributed by atoms with van der Waals surface area (Å²) in [4.78, 5) is 36.3. The van der Waals surface area contributed by atoms with Crippen molar-refractivity contribution in [1.82, 2.24) is 30.3 Å². The van der Waals surface area contributed by atoms with Gasteiger partial charge in [0, 0.05) is 23.3 Å². The Hall–Kier alpha value is -4.57. The first-order valence-electron chi connectivity index (χ1n) is 11.6. The number of thioether (sulfide) groups is 1. The minimum Gasteiger partial charge on any atom is -0.497 e. The molecule has 0 atom stereocenters. The number of hydrogen-bond donors (Lipinski definition) is 2. The molecule has 2 aromatic carbocycles. The number of hydrogen-bond acceptors (Lipinski definition) is 12. The Bertz CT molecular complexity index is 1570. The Labute approximate surface area is 236 Å². The first kappa shape index (κ1) is 28.4. The summed E-state index contributed by atoms with van der Waals surface area (Å²) in [5.74, 6) is 0.483. The number of carbonyl (C=O) groups excluding carboxylic acids is 2. The van der Waals surface area contributed by atoms with E-state index in [-0.39, 0.29) is 35.0 Å². The Morgan fingerprint density at radius 2 is 1.90 bits per heavy atom. The zero-order chi connectivity index (χ0) is 28.8. The number of carbonyl (C=O) groups is 2. The third kappa shape index (κ3) is 6.35. The van der Waals surface area contributed by atoms with Crippen LogP contribution in [0, 0.1) is 24.0 Å². The van der Waals surface area contributed by atoms with Gasteiger partial charge >= 0.3 is 0 Å². The first-order valence-corrected chi connectivity index (χ1v) is 13.4. The number of rotatable bonds is 11. The van der Waals surface area contributed by atoms with Crippen molar-refractivity contribution >= 4 is 45.7 Å². The van der Waals surface area contributed by atoms with Crippen LogP contribution in [0.4, 0.5) is 10.8 Å². The number of aromatic nitrogens is 5. The van der Waals surface area contributed by atoms with Gasteiger partial charge in [-0.3, -0.25) is 29.6 Å². The van der Waals surface area contributed by atoms with Crippen LogP contribution in [-0.4, -0.2) is 61.7 Å². The van der Waals surface area contributed by atoms with Crippen molar-refractivity contribution in [3.05, 3.63) is 68.5 Å². The topological polar surface area (TPSA) is 176 Å². The minimum absolute atomic E-state index is 0.0116. The molecule has 14 nitrogen and oxygen atoms in total. The van der Waals surface area contributed by atoms with E-state index in [1.807, 2.05) is 0 Å². The third-order valence-electron chi connectivity index (χ3n) is 5.59. The SMILES string of the molecule is COc1ccc(OC)c(-n2c(CNC(=O)c3cccc([N+](=O)[O-])c3C)nnc2SCC(=O)Nc2nnc(C)s2)c1. The minimum atomic E-state index is -0.538. The Morgan fingerprint density at radius 1 is 1.10 bits per heavy atom. The Kier molecular flexibility index (Phi) is 8.90. The lowest BCUT2D eigenvalue weighted by atomic mass is 10.1. The summed E-state index contributed by atoms with van der Waals surface area (Å²) in [6, 6.07) is 9.45. The van der Waals surface area contributed by atoms with Gasteiger partial charge in [-0.25, -0.2) is 0 Å². The summed E-state index contributed by atoms with van der Waals surface area (Å²) in [5.41, 5.74) is 0.772. The smallest absolute Gasteiger partial charge is 0.273 e. The predicted molar refractivity (Wildman–Crippen MR) is 147 cm³/mol. The normalized spacial score (nSPS) is 10.7. The molecule has 0 radical (unpaired) electrons. The highest BCUT2D eigenvalue weighted by molar-refractivity contribution is 7.99. The van der Waals surface area contributed by atoms with E-state index in [0.717, 1.165) is 16.8 Å². The molecular formula is C24H24N8O6S2. The van der Waals surface area contributed by atoms with Crippen LogP contribution in [0.5, 0.6) is 11.5 Å². The Balaban J connectivity index is 1.62. The highest BCUT2D eigenvalue weighted by atomic mass is 32.2. The standard InChI is InChI=1S/C24H24N8O6S2/c1-13-16(6-5-7-17(13)32(35)36)22(34)25-11-20-28-30-24(39-12-21(33)26-23-29-27-14(2)40-23)31(20)18-10-15(37-3)8-9-19(18)38-4/h5-10H,11-12H2,1-4H3,(H,25,34)(H,26,29,33). The fourth-order valence-corrected chi connectivity index (χ4v) is 5.05. The Morgan fingerprint density at radius 3 is 2.58 bits per heavy atom. The van der Waals surface area contributed by atoms with E-state index < -0.39 is 10.8 Å². The predicted octanol–water partition coefficient (Wildman–Crippen LogP) is 3.32. The largest absolute Gasteiger partial charge is 0.497 e. The molecule has 2 N–H and O–H groups in total. The zero-order valence-corrected chi connectivity index (χ0v) is 23.5. The number of nitrogens with one attached hydrogen (secondary N) is 2. The van der Waals surface area contributed by atoms with Gasteiger partial charge in [0.25, 0.3) is 11.6 Å². The van der Waals surface area contributed by atoms with Crippen molar-refractivity contribution in [3.63, 3.8) is 0 Å². The summed E-state index contributed by atoms with van der Waals surface area (Å²) in [6.07, 6.45) is 0. The maximum absolute atomic E-state index is 13.0. The second kappa shape index (κ2) is 12.5. The summed E-state index contributed by atoms with van der Waals surface area (Å²) >= 11 is 2.37. The van der Waals surface area contributed by atoms with Crippen LogP contribution in [0.1, 0.15) is 26.8 Å². The van der Waals surface area contributed by atoms with Crippen molar-refractivity contribution in [3.8, 4) is 17.2 Å². The summed E-state index contributed by atoms with van der Waals surface area (Å²) < 4.78 is 12.6.